The molecule has 118 valence electrons. The molecule has 2 rings (SSSR count). The number of benzene rings is 1. The first-order valence-electron chi connectivity index (χ1n) is 7.71. The van der Waals surface area contributed by atoms with Crippen LogP contribution in [0.4, 0.5) is 0 Å². The summed E-state index contributed by atoms with van der Waals surface area (Å²) in [5.74, 6) is 2.03. The first kappa shape index (κ1) is 16.1. The van der Waals surface area contributed by atoms with Crippen LogP contribution in [0.25, 0.3) is 0 Å². The summed E-state index contributed by atoms with van der Waals surface area (Å²) in [6.45, 7) is 1.76. The zero-order valence-electron chi connectivity index (χ0n) is 13.3. The van der Waals surface area contributed by atoms with Gasteiger partial charge in [-0.1, -0.05) is 12.8 Å². The highest BCUT2D eigenvalue weighted by molar-refractivity contribution is 5.38. The number of methoxy groups -OCH3 is 2. The summed E-state index contributed by atoms with van der Waals surface area (Å²) in [4.78, 5) is 2.27. The SMILES string of the molecule is COc1cc(CN(C)CC2CCCCC2O)cc(OC)c1. The Balaban J connectivity index is 1.96. The van der Waals surface area contributed by atoms with Crippen molar-refractivity contribution >= 4 is 0 Å². The maximum absolute atomic E-state index is 10.1. The van der Waals surface area contributed by atoms with Gasteiger partial charge in [0, 0.05) is 19.2 Å². The van der Waals surface area contributed by atoms with Gasteiger partial charge in [0.1, 0.15) is 11.5 Å². The van der Waals surface area contributed by atoms with Crippen LogP contribution in [0.5, 0.6) is 11.5 Å². The van der Waals surface area contributed by atoms with Crippen LogP contribution in [0, 0.1) is 5.92 Å². The number of rotatable bonds is 6. The highest BCUT2D eigenvalue weighted by Crippen LogP contribution is 2.26. The van der Waals surface area contributed by atoms with Crippen LogP contribution in [0.15, 0.2) is 18.2 Å². The van der Waals surface area contributed by atoms with Gasteiger partial charge in [-0.05, 0) is 43.5 Å². The molecule has 0 aromatic heterocycles. The van der Waals surface area contributed by atoms with Crippen molar-refractivity contribution in [3.63, 3.8) is 0 Å². The first-order valence-corrected chi connectivity index (χ1v) is 7.71. The molecular formula is C17H27NO3. The molecule has 1 aromatic rings. The van der Waals surface area contributed by atoms with Crippen molar-refractivity contribution < 1.29 is 14.6 Å². The van der Waals surface area contributed by atoms with E-state index in [1.807, 2.05) is 18.2 Å². The molecular weight excluding hydrogens is 266 g/mol. The summed E-state index contributed by atoms with van der Waals surface area (Å²) in [6.07, 6.45) is 4.34. The van der Waals surface area contributed by atoms with Crippen molar-refractivity contribution in [2.75, 3.05) is 27.8 Å². The summed E-state index contributed by atoms with van der Waals surface area (Å²) in [5.41, 5.74) is 1.17. The fraction of sp³-hybridized carbons (Fsp3) is 0.647. The molecule has 2 unspecified atom stereocenters. The average molecular weight is 293 g/mol. The standard InChI is InChI=1S/C17H27NO3/c1-18(12-14-6-4-5-7-17(14)19)11-13-8-15(20-2)10-16(9-13)21-3/h8-10,14,17,19H,4-7,11-12H2,1-3H3. The van der Waals surface area contributed by atoms with E-state index in [9.17, 15) is 5.11 Å². The number of aliphatic hydroxyl groups excluding tert-OH is 1. The Morgan fingerprint density at radius 1 is 1.10 bits per heavy atom. The molecule has 0 amide bonds. The maximum Gasteiger partial charge on any atom is 0.122 e. The monoisotopic (exact) mass is 293 g/mol. The van der Waals surface area contributed by atoms with Crippen molar-refractivity contribution in [1.82, 2.24) is 4.90 Å². The summed E-state index contributed by atoms with van der Waals surface area (Å²) in [7, 11) is 5.44. The lowest BCUT2D eigenvalue weighted by Crippen LogP contribution is -2.34. The average Bonchev–Trinajstić information content (AvgIpc) is 2.49. The minimum absolute atomic E-state index is 0.138. The van der Waals surface area contributed by atoms with Crippen molar-refractivity contribution in [2.24, 2.45) is 5.92 Å². The summed E-state index contributed by atoms with van der Waals surface area (Å²) in [5, 5.41) is 10.1. The number of hydrogen-bond acceptors (Lipinski definition) is 4. The third kappa shape index (κ3) is 4.61. The normalized spacial score (nSPS) is 22.3. The van der Waals surface area contributed by atoms with E-state index in [-0.39, 0.29) is 6.10 Å². The highest BCUT2D eigenvalue weighted by Gasteiger charge is 2.24. The zero-order valence-corrected chi connectivity index (χ0v) is 13.3. The van der Waals surface area contributed by atoms with E-state index in [1.54, 1.807) is 14.2 Å². The lowest BCUT2D eigenvalue weighted by molar-refractivity contribution is 0.0501. The molecule has 0 bridgehead atoms. The van der Waals surface area contributed by atoms with Crippen LogP contribution >= 0.6 is 0 Å². The Morgan fingerprint density at radius 3 is 2.29 bits per heavy atom. The minimum atomic E-state index is -0.138. The lowest BCUT2D eigenvalue weighted by atomic mass is 9.86. The number of hydrogen-bond donors (Lipinski definition) is 1. The van der Waals surface area contributed by atoms with E-state index < -0.39 is 0 Å². The van der Waals surface area contributed by atoms with E-state index in [0.29, 0.717) is 5.92 Å². The molecule has 1 aliphatic rings. The first-order chi connectivity index (χ1) is 10.1. The van der Waals surface area contributed by atoms with Crippen LogP contribution in [0.3, 0.4) is 0 Å². The molecule has 1 aliphatic carbocycles. The van der Waals surface area contributed by atoms with Gasteiger partial charge in [-0.25, -0.2) is 0 Å². The lowest BCUT2D eigenvalue weighted by Gasteiger charge is -2.31. The largest absolute Gasteiger partial charge is 0.497 e. The maximum atomic E-state index is 10.1. The second-order valence-corrected chi connectivity index (χ2v) is 6.03. The van der Waals surface area contributed by atoms with Gasteiger partial charge in [-0.3, -0.25) is 0 Å². The fourth-order valence-corrected chi connectivity index (χ4v) is 3.14. The van der Waals surface area contributed by atoms with Crippen LogP contribution in [0.1, 0.15) is 31.2 Å². The molecule has 0 spiro atoms. The van der Waals surface area contributed by atoms with Crippen LogP contribution in [-0.2, 0) is 6.54 Å². The van der Waals surface area contributed by atoms with E-state index in [1.165, 1.54) is 12.0 Å². The molecule has 4 nitrogen and oxygen atoms in total. The van der Waals surface area contributed by atoms with Crippen molar-refractivity contribution in [2.45, 2.75) is 38.3 Å². The molecule has 0 radical (unpaired) electrons. The topological polar surface area (TPSA) is 41.9 Å². The Morgan fingerprint density at radius 2 is 1.71 bits per heavy atom. The van der Waals surface area contributed by atoms with Gasteiger partial charge in [0.2, 0.25) is 0 Å². The highest BCUT2D eigenvalue weighted by atomic mass is 16.5. The Labute approximate surface area is 127 Å². The summed E-state index contributed by atoms with van der Waals surface area (Å²) in [6, 6.07) is 5.96. The molecule has 4 heteroatoms. The number of nitrogens with zero attached hydrogens (tertiary/aromatic N) is 1. The predicted molar refractivity (Wildman–Crippen MR) is 83.8 cm³/mol. The Kier molecular flexibility index (Phi) is 5.88. The van der Waals surface area contributed by atoms with Gasteiger partial charge in [0.15, 0.2) is 0 Å². The molecule has 1 N–H and O–H groups in total. The number of aliphatic hydroxyl groups is 1. The summed E-state index contributed by atoms with van der Waals surface area (Å²) < 4.78 is 10.6. The molecule has 1 aromatic carbocycles. The van der Waals surface area contributed by atoms with Gasteiger partial charge in [0.05, 0.1) is 20.3 Å². The van der Waals surface area contributed by atoms with Crippen molar-refractivity contribution in [1.29, 1.82) is 0 Å². The van der Waals surface area contributed by atoms with Gasteiger partial charge in [-0.2, -0.15) is 0 Å². The van der Waals surface area contributed by atoms with Crippen LogP contribution in [0.2, 0.25) is 0 Å². The second-order valence-electron chi connectivity index (χ2n) is 6.03. The molecule has 0 aliphatic heterocycles. The minimum Gasteiger partial charge on any atom is -0.497 e. The smallest absolute Gasteiger partial charge is 0.122 e. The zero-order chi connectivity index (χ0) is 15.2. The Hall–Kier alpha value is -1.26. The molecule has 21 heavy (non-hydrogen) atoms. The van der Waals surface area contributed by atoms with Crippen LogP contribution in [-0.4, -0.2) is 43.9 Å². The second kappa shape index (κ2) is 7.66. The van der Waals surface area contributed by atoms with Crippen LogP contribution < -0.4 is 9.47 Å². The summed E-state index contributed by atoms with van der Waals surface area (Å²) >= 11 is 0. The predicted octanol–water partition coefficient (Wildman–Crippen LogP) is 2.69. The molecule has 1 saturated carbocycles. The third-order valence-electron chi connectivity index (χ3n) is 4.28. The molecule has 1 fully saturated rings. The third-order valence-corrected chi connectivity index (χ3v) is 4.28. The molecule has 0 heterocycles. The quantitative estimate of drug-likeness (QED) is 0.875. The van der Waals surface area contributed by atoms with Gasteiger partial charge in [0.25, 0.3) is 0 Å². The van der Waals surface area contributed by atoms with Crippen molar-refractivity contribution in [3.05, 3.63) is 23.8 Å². The Bertz CT molecular complexity index is 427. The molecule has 2 atom stereocenters. The van der Waals surface area contributed by atoms with Gasteiger partial charge in [-0.15, -0.1) is 0 Å². The van der Waals surface area contributed by atoms with Crippen molar-refractivity contribution in [3.8, 4) is 11.5 Å². The van der Waals surface area contributed by atoms with Gasteiger partial charge < -0.3 is 19.5 Å². The van der Waals surface area contributed by atoms with E-state index >= 15 is 0 Å². The fourth-order valence-electron chi connectivity index (χ4n) is 3.14. The van der Waals surface area contributed by atoms with E-state index in [2.05, 4.69) is 11.9 Å². The number of ether oxygens (including phenoxy) is 2. The van der Waals surface area contributed by atoms with Gasteiger partial charge >= 0.3 is 0 Å². The van der Waals surface area contributed by atoms with E-state index in [4.69, 9.17) is 9.47 Å². The van der Waals surface area contributed by atoms with E-state index in [0.717, 1.165) is 43.9 Å². The molecule has 0 saturated heterocycles.